The number of aliphatic hydroxyl groups is 2. The van der Waals surface area contributed by atoms with E-state index in [2.05, 4.69) is 15.4 Å². The minimum atomic E-state index is -0.873. The number of amides is 1. The van der Waals surface area contributed by atoms with Crippen LogP contribution in [0.4, 0.5) is 10.2 Å². The molecular weight excluding hydrogens is 415 g/mol. The van der Waals surface area contributed by atoms with Crippen LogP contribution in [0.3, 0.4) is 0 Å². The number of hydrogen-bond donors (Lipinski definition) is 3. The number of carbonyl (C=O) groups is 1. The van der Waals surface area contributed by atoms with Crippen molar-refractivity contribution >= 4 is 11.7 Å². The predicted molar refractivity (Wildman–Crippen MR) is 111 cm³/mol. The molecule has 0 radical (unpaired) electrons. The molecule has 4 heterocycles. The number of β-amino-alcohol motifs (C(OH)–C–C–N with tert-alkyl or cyclic N) is 1. The second kappa shape index (κ2) is 7.71. The molecule has 1 amide bonds. The molecular formula is C22H19FN6O3. The van der Waals surface area contributed by atoms with E-state index in [1.807, 2.05) is 11.0 Å². The van der Waals surface area contributed by atoms with Gasteiger partial charge < -0.3 is 20.4 Å². The molecule has 10 heteroatoms. The third-order valence-corrected chi connectivity index (χ3v) is 5.80. The number of nitrogens with one attached hydrogen (secondary N) is 1. The molecule has 0 unspecified atom stereocenters. The predicted octanol–water partition coefficient (Wildman–Crippen LogP) is 1.12. The molecule has 9 nitrogen and oxygen atoms in total. The van der Waals surface area contributed by atoms with Crippen LogP contribution in [0.1, 0.15) is 28.0 Å². The zero-order valence-electron chi connectivity index (χ0n) is 16.9. The average molecular weight is 434 g/mol. The van der Waals surface area contributed by atoms with Crippen molar-refractivity contribution in [2.24, 2.45) is 0 Å². The Morgan fingerprint density at radius 1 is 1.22 bits per heavy atom. The maximum atomic E-state index is 14.7. The van der Waals surface area contributed by atoms with Gasteiger partial charge in [0.05, 0.1) is 58.6 Å². The summed E-state index contributed by atoms with van der Waals surface area (Å²) in [5, 5.41) is 36.5. The Kier molecular flexibility index (Phi) is 4.84. The number of anilines is 1. The number of rotatable bonds is 3. The summed E-state index contributed by atoms with van der Waals surface area (Å²) in [5.41, 5.74) is 1.65. The van der Waals surface area contributed by atoms with Crippen LogP contribution in [0.15, 0.2) is 36.5 Å². The zero-order chi connectivity index (χ0) is 22.4. The van der Waals surface area contributed by atoms with E-state index in [1.165, 1.54) is 22.9 Å². The lowest BCUT2D eigenvalue weighted by Gasteiger charge is -2.33. The topological polar surface area (TPSA) is 127 Å². The van der Waals surface area contributed by atoms with E-state index in [0.29, 0.717) is 35.7 Å². The van der Waals surface area contributed by atoms with Crippen molar-refractivity contribution in [3.05, 3.63) is 59.2 Å². The van der Waals surface area contributed by atoms with Crippen molar-refractivity contribution < 1.29 is 19.4 Å². The lowest BCUT2D eigenvalue weighted by molar-refractivity contribution is 0.00785. The van der Waals surface area contributed by atoms with E-state index in [1.54, 1.807) is 18.3 Å². The van der Waals surface area contributed by atoms with Crippen molar-refractivity contribution in [1.29, 1.82) is 5.26 Å². The van der Waals surface area contributed by atoms with Gasteiger partial charge in [0.25, 0.3) is 5.91 Å². The number of halogens is 1. The molecule has 2 atom stereocenters. The Hall–Kier alpha value is -3.81. The van der Waals surface area contributed by atoms with Gasteiger partial charge in [-0.15, -0.1) is 0 Å². The Bertz CT molecular complexity index is 1270. The third kappa shape index (κ3) is 3.28. The van der Waals surface area contributed by atoms with Crippen molar-refractivity contribution in [2.45, 2.75) is 25.2 Å². The average Bonchev–Trinajstić information content (AvgIpc) is 3.42. The molecule has 0 aliphatic carbocycles. The first-order valence-electron chi connectivity index (χ1n) is 10.1. The number of carbonyl (C=O) groups excluding carboxylic acids is 1. The quantitative estimate of drug-likeness (QED) is 0.564. The van der Waals surface area contributed by atoms with E-state index in [9.17, 15) is 24.7 Å². The van der Waals surface area contributed by atoms with E-state index < -0.39 is 18.0 Å². The highest BCUT2D eigenvalue weighted by molar-refractivity contribution is 6.01. The summed E-state index contributed by atoms with van der Waals surface area (Å²) < 4.78 is 16.2. The fourth-order valence-corrected chi connectivity index (χ4v) is 4.14. The minimum absolute atomic E-state index is 0.0684. The van der Waals surface area contributed by atoms with E-state index in [0.717, 1.165) is 0 Å². The monoisotopic (exact) mass is 434 g/mol. The van der Waals surface area contributed by atoms with Gasteiger partial charge in [-0.05, 0) is 24.6 Å². The number of nitriles is 1. The van der Waals surface area contributed by atoms with Gasteiger partial charge in [0.2, 0.25) is 0 Å². The standard InChI is InChI=1S/C22H19FN6O3/c23-13-3-1-2-12(9-24)20(13)14-8-16(21-15(26-14)10-25-22(21)32)29-7-5-19(27-29)28-6-4-17(30)18(31)11-28/h1-3,5,7-8,17-18,30-31H,4,6,10-11H2,(H,25,32)/t17-,18+/m0/s1. The molecule has 2 aliphatic heterocycles. The Balaban J connectivity index is 1.61. The third-order valence-electron chi connectivity index (χ3n) is 5.80. The van der Waals surface area contributed by atoms with Crippen LogP contribution < -0.4 is 10.2 Å². The molecule has 32 heavy (non-hydrogen) atoms. The van der Waals surface area contributed by atoms with Gasteiger partial charge in [-0.25, -0.2) is 14.1 Å². The highest BCUT2D eigenvalue weighted by Crippen LogP contribution is 2.31. The summed E-state index contributed by atoms with van der Waals surface area (Å²) in [7, 11) is 0. The lowest BCUT2D eigenvalue weighted by Crippen LogP contribution is -2.46. The largest absolute Gasteiger partial charge is 0.390 e. The molecule has 1 aromatic carbocycles. The van der Waals surface area contributed by atoms with Crippen LogP contribution in [0.2, 0.25) is 0 Å². The Labute approximate surface area is 182 Å². The molecule has 0 saturated carbocycles. The first-order valence-corrected chi connectivity index (χ1v) is 10.1. The van der Waals surface area contributed by atoms with Crippen LogP contribution in [0, 0.1) is 17.1 Å². The number of nitrogens with zero attached hydrogens (tertiary/aromatic N) is 5. The molecule has 3 aromatic rings. The first-order chi connectivity index (χ1) is 15.5. The number of benzene rings is 1. The summed E-state index contributed by atoms with van der Waals surface area (Å²) in [6.45, 7) is 0.949. The fourth-order valence-electron chi connectivity index (χ4n) is 4.14. The van der Waals surface area contributed by atoms with Crippen LogP contribution in [0.25, 0.3) is 16.9 Å². The van der Waals surface area contributed by atoms with Gasteiger partial charge in [0.1, 0.15) is 5.82 Å². The molecule has 2 aliphatic rings. The van der Waals surface area contributed by atoms with Gasteiger partial charge >= 0.3 is 0 Å². The number of fused-ring (bicyclic) bond motifs is 1. The highest BCUT2D eigenvalue weighted by Gasteiger charge is 2.30. The number of aromatic nitrogens is 3. The summed E-state index contributed by atoms with van der Waals surface area (Å²) >= 11 is 0. The number of piperidine rings is 1. The van der Waals surface area contributed by atoms with Crippen LogP contribution in [0.5, 0.6) is 0 Å². The van der Waals surface area contributed by atoms with Gasteiger partial charge in [-0.2, -0.15) is 10.4 Å². The SMILES string of the molecule is N#Cc1cccc(F)c1-c1cc(-n2ccc(N3CC[C@H](O)[C@H](O)C3)n2)c2c(n1)CNC2=O. The molecule has 0 bridgehead atoms. The smallest absolute Gasteiger partial charge is 0.255 e. The Morgan fingerprint density at radius 3 is 2.84 bits per heavy atom. The maximum absolute atomic E-state index is 14.7. The van der Waals surface area contributed by atoms with Crippen LogP contribution in [-0.2, 0) is 6.54 Å². The van der Waals surface area contributed by atoms with Crippen molar-refractivity contribution in [2.75, 3.05) is 18.0 Å². The Morgan fingerprint density at radius 2 is 2.06 bits per heavy atom. The van der Waals surface area contributed by atoms with E-state index in [4.69, 9.17) is 0 Å². The van der Waals surface area contributed by atoms with E-state index >= 15 is 0 Å². The number of aliphatic hydroxyl groups excluding tert-OH is 2. The molecule has 3 N–H and O–H groups in total. The van der Waals surface area contributed by atoms with Crippen LogP contribution >= 0.6 is 0 Å². The second-order valence-electron chi connectivity index (χ2n) is 7.79. The minimum Gasteiger partial charge on any atom is -0.390 e. The molecule has 2 aromatic heterocycles. The molecule has 1 fully saturated rings. The summed E-state index contributed by atoms with van der Waals surface area (Å²) in [5.74, 6) is -0.316. The van der Waals surface area contributed by atoms with Crippen molar-refractivity contribution in [1.82, 2.24) is 20.1 Å². The van der Waals surface area contributed by atoms with Crippen molar-refractivity contribution in [3.63, 3.8) is 0 Å². The summed E-state index contributed by atoms with van der Waals surface area (Å²) in [6, 6.07) is 9.51. The van der Waals surface area contributed by atoms with Gasteiger partial charge in [-0.1, -0.05) is 6.07 Å². The molecule has 0 spiro atoms. The van der Waals surface area contributed by atoms with Gasteiger partial charge in [0, 0.05) is 25.4 Å². The second-order valence-corrected chi connectivity index (χ2v) is 7.79. The molecule has 5 rings (SSSR count). The molecule has 1 saturated heterocycles. The highest BCUT2D eigenvalue weighted by atomic mass is 19.1. The number of hydrogen-bond acceptors (Lipinski definition) is 7. The van der Waals surface area contributed by atoms with E-state index in [-0.39, 0.29) is 35.8 Å². The summed E-state index contributed by atoms with van der Waals surface area (Å²) in [6.07, 6.45) is 0.444. The molecule has 162 valence electrons. The van der Waals surface area contributed by atoms with Gasteiger partial charge in [0.15, 0.2) is 5.82 Å². The normalized spacial score (nSPS) is 20.1. The van der Waals surface area contributed by atoms with Crippen LogP contribution in [-0.4, -0.2) is 56.2 Å². The first kappa shape index (κ1) is 20.1. The number of pyridine rings is 1. The van der Waals surface area contributed by atoms with Crippen molar-refractivity contribution in [3.8, 4) is 23.0 Å². The fraction of sp³-hybridized carbons (Fsp3) is 0.273. The van der Waals surface area contributed by atoms with Gasteiger partial charge in [-0.3, -0.25) is 4.79 Å². The zero-order valence-corrected chi connectivity index (χ0v) is 16.9. The lowest BCUT2D eigenvalue weighted by atomic mass is 10.0. The maximum Gasteiger partial charge on any atom is 0.255 e. The summed E-state index contributed by atoms with van der Waals surface area (Å²) in [4.78, 5) is 18.8.